The summed E-state index contributed by atoms with van der Waals surface area (Å²) in [4.78, 5) is 6.52. The smallest absolute Gasteiger partial charge is 0.243 e. The summed E-state index contributed by atoms with van der Waals surface area (Å²) in [5.41, 5.74) is 1.74. The zero-order valence-corrected chi connectivity index (χ0v) is 18.4. The minimum absolute atomic E-state index is 0.00331. The number of para-hydroxylation sites is 1. The lowest BCUT2D eigenvalue weighted by Gasteiger charge is -2.20. The van der Waals surface area contributed by atoms with E-state index in [-0.39, 0.29) is 10.6 Å². The van der Waals surface area contributed by atoms with Crippen molar-refractivity contribution in [1.29, 1.82) is 0 Å². The van der Waals surface area contributed by atoms with Gasteiger partial charge in [-0.1, -0.05) is 19.9 Å². The number of phenolic OH excluding ortho intramolecular Hbond substituents is 1. The summed E-state index contributed by atoms with van der Waals surface area (Å²) in [6.07, 6.45) is 1.51. The van der Waals surface area contributed by atoms with E-state index in [1.54, 1.807) is 36.4 Å². The summed E-state index contributed by atoms with van der Waals surface area (Å²) >= 11 is 0. The molecule has 8 heteroatoms. The van der Waals surface area contributed by atoms with Crippen molar-refractivity contribution in [2.24, 2.45) is 4.99 Å². The number of hydrogen-bond donors (Lipinski definition) is 1. The SMILES string of the molecule is CCOc1cccc(C=Nc2cc(S(=O)(=O)N(CC)CC)ccc2N(C)C)c1O. The highest BCUT2D eigenvalue weighted by atomic mass is 32.2. The van der Waals surface area contributed by atoms with Crippen molar-refractivity contribution < 1.29 is 18.3 Å². The molecular formula is C21H29N3O4S. The Labute approximate surface area is 173 Å². The van der Waals surface area contributed by atoms with Crippen molar-refractivity contribution >= 4 is 27.6 Å². The lowest BCUT2D eigenvalue weighted by molar-refractivity contribution is 0.318. The molecule has 0 heterocycles. The van der Waals surface area contributed by atoms with Crippen LogP contribution in [0.4, 0.5) is 11.4 Å². The molecule has 0 atom stereocenters. The maximum atomic E-state index is 12.9. The zero-order chi connectivity index (χ0) is 21.6. The Kier molecular flexibility index (Phi) is 7.64. The van der Waals surface area contributed by atoms with Crippen molar-refractivity contribution in [2.75, 3.05) is 38.7 Å². The molecule has 0 radical (unpaired) electrons. The lowest BCUT2D eigenvalue weighted by atomic mass is 10.2. The Hall–Kier alpha value is -2.58. The molecule has 0 aromatic heterocycles. The minimum atomic E-state index is -3.60. The van der Waals surface area contributed by atoms with Gasteiger partial charge in [0.05, 0.1) is 22.9 Å². The molecule has 0 amide bonds. The molecule has 158 valence electrons. The van der Waals surface area contributed by atoms with E-state index in [9.17, 15) is 13.5 Å². The van der Waals surface area contributed by atoms with Crippen LogP contribution in [0, 0.1) is 0 Å². The standard InChI is InChI=1S/C21H29N3O4S/c1-6-24(7-2)29(26,27)17-12-13-19(23(4)5)18(14-17)22-15-16-10-9-11-20(21(16)25)28-8-3/h9-15,25H,6-8H2,1-5H3. The maximum absolute atomic E-state index is 12.9. The van der Waals surface area contributed by atoms with Gasteiger partial charge in [0.1, 0.15) is 0 Å². The molecular weight excluding hydrogens is 390 g/mol. The predicted molar refractivity (Wildman–Crippen MR) is 117 cm³/mol. The molecule has 1 N–H and O–H groups in total. The van der Waals surface area contributed by atoms with E-state index < -0.39 is 10.0 Å². The molecule has 2 rings (SSSR count). The fourth-order valence-corrected chi connectivity index (χ4v) is 4.39. The summed E-state index contributed by atoms with van der Waals surface area (Å²) < 4.78 is 32.6. The Morgan fingerprint density at radius 2 is 1.79 bits per heavy atom. The molecule has 0 saturated carbocycles. The topological polar surface area (TPSA) is 82.4 Å². The highest BCUT2D eigenvalue weighted by molar-refractivity contribution is 7.89. The third-order valence-corrected chi connectivity index (χ3v) is 6.49. The van der Waals surface area contributed by atoms with Crippen molar-refractivity contribution in [3.05, 3.63) is 42.0 Å². The van der Waals surface area contributed by atoms with E-state index in [0.29, 0.717) is 36.7 Å². The molecule has 0 aliphatic heterocycles. The van der Waals surface area contributed by atoms with Gasteiger partial charge in [-0.05, 0) is 37.3 Å². The molecule has 2 aromatic carbocycles. The average Bonchev–Trinajstić information content (AvgIpc) is 2.69. The number of ether oxygens (including phenoxy) is 1. The zero-order valence-electron chi connectivity index (χ0n) is 17.6. The molecule has 0 saturated heterocycles. The van der Waals surface area contributed by atoms with E-state index in [1.165, 1.54) is 10.5 Å². The summed E-state index contributed by atoms with van der Waals surface area (Å²) in [6.45, 7) is 6.68. The largest absolute Gasteiger partial charge is 0.504 e. The van der Waals surface area contributed by atoms with Gasteiger partial charge in [0, 0.05) is 39.0 Å². The summed E-state index contributed by atoms with van der Waals surface area (Å²) in [5.74, 6) is 0.374. The summed E-state index contributed by atoms with van der Waals surface area (Å²) in [5, 5.41) is 10.4. The fraction of sp³-hybridized carbons (Fsp3) is 0.381. The summed E-state index contributed by atoms with van der Waals surface area (Å²) in [6, 6.07) is 10.0. The van der Waals surface area contributed by atoms with E-state index in [4.69, 9.17) is 4.74 Å². The third kappa shape index (κ3) is 5.07. The van der Waals surface area contributed by atoms with Crippen molar-refractivity contribution in [2.45, 2.75) is 25.7 Å². The molecule has 0 fully saturated rings. The van der Waals surface area contributed by atoms with Gasteiger partial charge in [-0.25, -0.2) is 8.42 Å². The van der Waals surface area contributed by atoms with Crippen LogP contribution in [-0.2, 0) is 10.0 Å². The molecule has 0 spiro atoms. The second-order valence-electron chi connectivity index (χ2n) is 6.52. The molecule has 0 aliphatic rings. The number of aliphatic imine (C=N–C) groups is 1. The quantitative estimate of drug-likeness (QED) is 0.628. The normalized spacial score (nSPS) is 11.9. The number of hydrogen-bond acceptors (Lipinski definition) is 6. The molecule has 2 aromatic rings. The minimum Gasteiger partial charge on any atom is -0.504 e. The van der Waals surface area contributed by atoms with Gasteiger partial charge in [-0.2, -0.15) is 4.31 Å². The number of nitrogens with zero attached hydrogens (tertiary/aromatic N) is 3. The van der Waals surface area contributed by atoms with E-state index in [2.05, 4.69) is 4.99 Å². The summed E-state index contributed by atoms with van der Waals surface area (Å²) in [7, 11) is 0.123. The highest BCUT2D eigenvalue weighted by Gasteiger charge is 2.22. The molecule has 0 bridgehead atoms. The number of phenols is 1. The van der Waals surface area contributed by atoms with Crippen molar-refractivity contribution in [3.63, 3.8) is 0 Å². The molecule has 0 aliphatic carbocycles. The third-order valence-electron chi connectivity index (χ3n) is 4.44. The van der Waals surface area contributed by atoms with Gasteiger partial charge < -0.3 is 14.7 Å². The Morgan fingerprint density at radius 1 is 1.10 bits per heavy atom. The Balaban J connectivity index is 2.51. The molecule has 29 heavy (non-hydrogen) atoms. The van der Waals surface area contributed by atoms with Crippen LogP contribution in [0.1, 0.15) is 26.3 Å². The van der Waals surface area contributed by atoms with E-state index >= 15 is 0 Å². The maximum Gasteiger partial charge on any atom is 0.243 e. The van der Waals surface area contributed by atoms with Crippen LogP contribution in [0.25, 0.3) is 0 Å². The Bertz CT molecular complexity index is 968. The lowest BCUT2D eigenvalue weighted by Crippen LogP contribution is -2.30. The number of sulfonamides is 1. The Morgan fingerprint density at radius 3 is 2.38 bits per heavy atom. The first-order chi connectivity index (χ1) is 13.8. The number of benzene rings is 2. The van der Waals surface area contributed by atoms with Gasteiger partial charge in [0.25, 0.3) is 0 Å². The van der Waals surface area contributed by atoms with Crippen molar-refractivity contribution in [3.8, 4) is 11.5 Å². The average molecular weight is 420 g/mol. The monoisotopic (exact) mass is 419 g/mol. The van der Waals surface area contributed by atoms with Gasteiger partial charge in [0.2, 0.25) is 10.0 Å². The van der Waals surface area contributed by atoms with Gasteiger partial charge in [-0.15, -0.1) is 0 Å². The van der Waals surface area contributed by atoms with Crippen LogP contribution in [-0.4, -0.2) is 57.8 Å². The first-order valence-electron chi connectivity index (χ1n) is 9.56. The number of aromatic hydroxyl groups is 1. The molecule has 0 unspecified atom stereocenters. The number of anilines is 1. The second-order valence-corrected chi connectivity index (χ2v) is 8.46. The first kappa shape index (κ1) is 22.7. The van der Waals surface area contributed by atoms with Gasteiger partial charge >= 0.3 is 0 Å². The van der Waals surface area contributed by atoms with E-state index in [0.717, 1.165) is 5.69 Å². The van der Waals surface area contributed by atoms with Crippen LogP contribution >= 0.6 is 0 Å². The first-order valence-corrected chi connectivity index (χ1v) is 11.0. The second kappa shape index (κ2) is 9.76. The fourth-order valence-electron chi connectivity index (χ4n) is 2.91. The predicted octanol–water partition coefficient (Wildman–Crippen LogP) is 3.64. The van der Waals surface area contributed by atoms with Crippen LogP contribution in [0.3, 0.4) is 0 Å². The van der Waals surface area contributed by atoms with Crippen LogP contribution in [0.15, 0.2) is 46.3 Å². The van der Waals surface area contributed by atoms with Crippen LogP contribution < -0.4 is 9.64 Å². The van der Waals surface area contributed by atoms with Crippen molar-refractivity contribution in [1.82, 2.24) is 4.31 Å². The van der Waals surface area contributed by atoms with E-state index in [1.807, 2.05) is 39.8 Å². The number of rotatable bonds is 9. The highest BCUT2D eigenvalue weighted by Crippen LogP contribution is 2.33. The van der Waals surface area contributed by atoms with Crippen LogP contribution in [0.5, 0.6) is 11.5 Å². The van der Waals surface area contributed by atoms with Gasteiger partial charge in [0.15, 0.2) is 11.5 Å². The molecule has 7 nitrogen and oxygen atoms in total. The van der Waals surface area contributed by atoms with Crippen LogP contribution in [0.2, 0.25) is 0 Å². The van der Waals surface area contributed by atoms with Gasteiger partial charge in [-0.3, -0.25) is 4.99 Å².